The summed E-state index contributed by atoms with van der Waals surface area (Å²) in [6, 6.07) is 1.82. The molecule has 1 aliphatic rings. The summed E-state index contributed by atoms with van der Waals surface area (Å²) in [6.45, 7) is 0.959. The summed E-state index contributed by atoms with van der Waals surface area (Å²) in [5, 5.41) is 0.818. The zero-order valence-corrected chi connectivity index (χ0v) is 9.80. The van der Waals surface area contributed by atoms with Gasteiger partial charge in [0.25, 0.3) is 0 Å². The maximum Gasteiger partial charge on any atom is 0.147 e. The Morgan fingerprint density at radius 3 is 2.87 bits per heavy atom. The standard InChI is InChI=1S/C10H13Cl2N3/c11-8-5-7(6-14-10(8)12)15-4-2-1-3-9(15)13/h5-6,9H,1-4,13H2. The molecule has 1 aromatic heterocycles. The van der Waals surface area contributed by atoms with E-state index in [4.69, 9.17) is 28.9 Å². The maximum absolute atomic E-state index is 6.02. The smallest absolute Gasteiger partial charge is 0.147 e. The minimum Gasteiger partial charge on any atom is -0.355 e. The minimum absolute atomic E-state index is 0.0674. The number of nitrogens with two attached hydrogens (primary N) is 1. The van der Waals surface area contributed by atoms with E-state index < -0.39 is 0 Å². The molecule has 0 amide bonds. The molecule has 1 atom stereocenters. The van der Waals surface area contributed by atoms with Gasteiger partial charge in [0.05, 0.1) is 23.1 Å². The van der Waals surface area contributed by atoms with Crippen molar-refractivity contribution in [2.24, 2.45) is 5.73 Å². The van der Waals surface area contributed by atoms with E-state index in [1.54, 1.807) is 6.20 Å². The summed E-state index contributed by atoms with van der Waals surface area (Å²) in [4.78, 5) is 6.15. The highest BCUT2D eigenvalue weighted by atomic mass is 35.5. The first-order valence-electron chi connectivity index (χ1n) is 5.02. The van der Waals surface area contributed by atoms with Crippen molar-refractivity contribution in [2.45, 2.75) is 25.4 Å². The van der Waals surface area contributed by atoms with Crippen molar-refractivity contribution < 1.29 is 0 Å². The van der Waals surface area contributed by atoms with Crippen LogP contribution in [0, 0.1) is 0 Å². The van der Waals surface area contributed by atoms with Crippen molar-refractivity contribution in [2.75, 3.05) is 11.4 Å². The summed E-state index contributed by atoms with van der Waals surface area (Å²) < 4.78 is 0. The van der Waals surface area contributed by atoms with Crippen molar-refractivity contribution in [1.29, 1.82) is 0 Å². The molecule has 1 saturated heterocycles. The van der Waals surface area contributed by atoms with Crippen molar-refractivity contribution in [3.63, 3.8) is 0 Å². The van der Waals surface area contributed by atoms with E-state index in [1.807, 2.05) is 6.07 Å². The third-order valence-electron chi connectivity index (χ3n) is 2.66. The first-order chi connectivity index (χ1) is 7.18. The van der Waals surface area contributed by atoms with Crippen LogP contribution in [0.3, 0.4) is 0 Å². The number of hydrogen-bond donors (Lipinski definition) is 1. The van der Waals surface area contributed by atoms with Crippen LogP contribution in [0.2, 0.25) is 10.2 Å². The van der Waals surface area contributed by atoms with Crippen molar-refractivity contribution in [3.05, 3.63) is 22.4 Å². The molecular weight excluding hydrogens is 233 g/mol. The normalized spacial score (nSPS) is 21.8. The van der Waals surface area contributed by atoms with Gasteiger partial charge in [0, 0.05) is 6.54 Å². The molecule has 0 aliphatic carbocycles. The van der Waals surface area contributed by atoms with Gasteiger partial charge >= 0.3 is 0 Å². The molecule has 0 spiro atoms. The van der Waals surface area contributed by atoms with Gasteiger partial charge in [0.15, 0.2) is 0 Å². The molecule has 1 fully saturated rings. The number of piperidine rings is 1. The topological polar surface area (TPSA) is 42.1 Å². The van der Waals surface area contributed by atoms with Crippen LogP contribution in [-0.2, 0) is 0 Å². The molecule has 1 unspecified atom stereocenters. The molecule has 2 heterocycles. The lowest BCUT2D eigenvalue weighted by molar-refractivity contribution is 0.470. The molecule has 0 saturated carbocycles. The Hall–Kier alpha value is -0.510. The molecule has 15 heavy (non-hydrogen) atoms. The van der Waals surface area contributed by atoms with E-state index in [0.717, 1.165) is 25.1 Å². The third kappa shape index (κ3) is 2.36. The lowest BCUT2D eigenvalue weighted by Gasteiger charge is -2.34. The number of hydrogen-bond acceptors (Lipinski definition) is 3. The Balaban J connectivity index is 2.24. The Morgan fingerprint density at radius 2 is 2.20 bits per heavy atom. The highest BCUT2D eigenvalue weighted by Crippen LogP contribution is 2.27. The quantitative estimate of drug-likeness (QED) is 0.774. The second-order valence-corrected chi connectivity index (χ2v) is 4.49. The molecule has 0 radical (unpaired) electrons. The van der Waals surface area contributed by atoms with Gasteiger partial charge in [-0.1, -0.05) is 23.2 Å². The summed E-state index contributed by atoms with van der Waals surface area (Å²) >= 11 is 11.7. The lowest BCUT2D eigenvalue weighted by atomic mass is 10.1. The predicted octanol–water partition coefficient (Wildman–Crippen LogP) is 2.66. The first-order valence-corrected chi connectivity index (χ1v) is 5.77. The van der Waals surface area contributed by atoms with Crippen LogP contribution in [0.1, 0.15) is 19.3 Å². The first kappa shape index (κ1) is 11.0. The van der Waals surface area contributed by atoms with Crippen LogP contribution in [0.15, 0.2) is 12.3 Å². The predicted molar refractivity (Wildman–Crippen MR) is 63.4 cm³/mol. The van der Waals surface area contributed by atoms with Gasteiger partial charge in [-0.3, -0.25) is 0 Å². The molecule has 1 aromatic rings. The Bertz CT molecular complexity index is 357. The van der Waals surface area contributed by atoms with Gasteiger partial charge in [-0.15, -0.1) is 0 Å². The SMILES string of the molecule is NC1CCCCN1c1cnc(Cl)c(Cl)c1. The van der Waals surface area contributed by atoms with Crippen molar-refractivity contribution in [3.8, 4) is 0 Å². The summed E-state index contributed by atoms with van der Waals surface area (Å²) in [5.74, 6) is 0. The maximum atomic E-state index is 6.02. The van der Waals surface area contributed by atoms with Crippen LogP contribution in [0.4, 0.5) is 5.69 Å². The average Bonchev–Trinajstić information content (AvgIpc) is 2.23. The van der Waals surface area contributed by atoms with Crippen LogP contribution in [0.25, 0.3) is 0 Å². The van der Waals surface area contributed by atoms with E-state index in [0.29, 0.717) is 10.2 Å². The second-order valence-electron chi connectivity index (χ2n) is 3.72. The Morgan fingerprint density at radius 1 is 1.40 bits per heavy atom. The fourth-order valence-electron chi connectivity index (χ4n) is 1.85. The van der Waals surface area contributed by atoms with Gasteiger partial charge in [-0.2, -0.15) is 0 Å². The van der Waals surface area contributed by atoms with Crippen LogP contribution in [0.5, 0.6) is 0 Å². The van der Waals surface area contributed by atoms with Gasteiger partial charge in [-0.05, 0) is 25.3 Å². The highest BCUT2D eigenvalue weighted by Gasteiger charge is 2.19. The number of aromatic nitrogens is 1. The van der Waals surface area contributed by atoms with E-state index >= 15 is 0 Å². The van der Waals surface area contributed by atoms with Gasteiger partial charge in [0.1, 0.15) is 5.15 Å². The molecule has 2 rings (SSSR count). The molecular formula is C10H13Cl2N3. The summed E-state index contributed by atoms with van der Waals surface area (Å²) in [6.07, 6.45) is 5.15. The zero-order chi connectivity index (χ0) is 10.8. The summed E-state index contributed by atoms with van der Waals surface area (Å²) in [5.41, 5.74) is 6.98. The van der Waals surface area contributed by atoms with Gasteiger partial charge in [-0.25, -0.2) is 4.98 Å². The highest BCUT2D eigenvalue weighted by molar-refractivity contribution is 6.41. The summed E-state index contributed by atoms with van der Waals surface area (Å²) in [7, 11) is 0. The number of pyridine rings is 1. The number of anilines is 1. The Labute approximate surface area is 99.2 Å². The monoisotopic (exact) mass is 245 g/mol. The second kappa shape index (κ2) is 4.56. The molecule has 5 heteroatoms. The molecule has 82 valence electrons. The molecule has 0 aromatic carbocycles. The van der Waals surface area contributed by atoms with E-state index in [1.165, 1.54) is 6.42 Å². The minimum atomic E-state index is 0.0674. The van der Waals surface area contributed by atoms with E-state index in [9.17, 15) is 0 Å². The van der Waals surface area contributed by atoms with Crippen molar-refractivity contribution >= 4 is 28.9 Å². The van der Waals surface area contributed by atoms with Crippen molar-refractivity contribution in [1.82, 2.24) is 4.98 Å². The van der Waals surface area contributed by atoms with E-state index in [-0.39, 0.29) is 6.17 Å². The van der Waals surface area contributed by atoms with Crippen LogP contribution < -0.4 is 10.6 Å². The molecule has 2 N–H and O–H groups in total. The fraction of sp³-hybridized carbons (Fsp3) is 0.500. The van der Waals surface area contributed by atoms with Gasteiger partial charge < -0.3 is 10.6 Å². The number of nitrogens with zero attached hydrogens (tertiary/aromatic N) is 2. The lowest BCUT2D eigenvalue weighted by Crippen LogP contribution is -2.45. The molecule has 3 nitrogen and oxygen atoms in total. The van der Waals surface area contributed by atoms with Crippen LogP contribution >= 0.6 is 23.2 Å². The van der Waals surface area contributed by atoms with Gasteiger partial charge in [0.2, 0.25) is 0 Å². The Kier molecular flexibility index (Phi) is 3.34. The van der Waals surface area contributed by atoms with E-state index in [2.05, 4.69) is 9.88 Å². The molecule has 0 bridgehead atoms. The van der Waals surface area contributed by atoms with Crippen LogP contribution in [-0.4, -0.2) is 17.7 Å². The average molecular weight is 246 g/mol. The third-order valence-corrected chi connectivity index (χ3v) is 3.35. The number of halogens is 2. The largest absolute Gasteiger partial charge is 0.355 e. The number of rotatable bonds is 1. The molecule has 1 aliphatic heterocycles. The fourth-order valence-corrected chi connectivity index (χ4v) is 2.11. The zero-order valence-electron chi connectivity index (χ0n) is 8.29.